The molecule has 29 heavy (non-hydrogen) atoms. The molecule has 1 amide bonds. The van der Waals surface area contributed by atoms with Crippen LogP contribution in [0, 0.1) is 0 Å². The Morgan fingerprint density at radius 1 is 1.17 bits per heavy atom. The molecular formula is C22H28N3O4+. The molecule has 154 valence electrons. The zero-order valence-corrected chi connectivity index (χ0v) is 16.9. The first-order valence-electron chi connectivity index (χ1n) is 10.0. The Morgan fingerprint density at radius 3 is 2.76 bits per heavy atom. The van der Waals surface area contributed by atoms with Gasteiger partial charge in [0.15, 0.2) is 18.0 Å². The average molecular weight is 398 g/mol. The average Bonchev–Trinajstić information content (AvgIpc) is 3.22. The number of rotatable bonds is 6. The van der Waals surface area contributed by atoms with Gasteiger partial charge in [0.1, 0.15) is 5.75 Å². The maximum atomic E-state index is 12.5. The molecule has 2 aliphatic heterocycles. The number of benzene rings is 2. The third-order valence-electron chi connectivity index (χ3n) is 5.57. The number of methoxy groups -OCH3 is 1. The molecule has 1 atom stereocenters. The van der Waals surface area contributed by atoms with E-state index in [1.54, 1.807) is 7.11 Å². The molecule has 0 aliphatic carbocycles. The predicted molar refractivity (Wildman–Crippen MR) is 110 cm³/mol. The highest BCUT2D eigenvalue weighted by atomic mass is 16.7. The van der Waals surface area contributed by atoms with E-state index in [2.05, 4.69) is 22.3 Å². The number of anilines is 1. The summed E-state index contributed by atoms with van der Waals surface area (Å²) in [4.78, 5) is 16.2. The number of nitrogens with zero attached hydrogens (tertiary/aromatic N) is 1. The first-order valence-corrected chi connectivity index (χ1v) is 10.0. The van der Waals surface area contributed by atoms with Crippen molar-refractivity contribution in [3.8, 4) is 17.2 Å². The van der Waals surface area contributed by atoms with Gasteiger partial charge in [-0.3, -0.25) is 4.79 Å². The van der Waals surface area contributed by atoms with E-state index in [9.17, 15) is 4.79 Å². The lowest BCUT2D eigenvalue weighted by Crippen LogP contribution is -3.15. The highest BCUT2D eigenvalue weighted by molar-refractivity contribution is 5.77. The van der Waals surface area contributed by atoms with Crippen LogP contribution in [-0.4, -0.2) is 52.5 Å². The van der Waals surface area contributed by atoms with Crippen molar-refractivity contribution in [3.05, 3.63) is 48.0 Å². The number of carbonyl (C=O) groups excluding carboxylic acids is 1. The Kier molecular flexibility index (Phi) is 5.76. The second kappa shape index (κ2) is 8.61. The van der Waals surface area contributed by atoms with Crippen LogP contribution in [0.2, 0.25) is 0 Å². The van der Waals surface area contributed by atoms with Crippen LogP contribution >= 0.6 is 0 Å². The Bertz CT molecular complexity index is 865. The van der Waals surface area contributed by atoms with Gasteiger partial charge in [0.25, 0.3) is 5.91 Å². The lowest BCUT2D eigenvalue weighted by Gasteiger charge is -2.33. The predicted octanol–water partition coefficient (Wildman–Crippen LogP) is 1.01. The van der Waals surface area contributed by atoms with Gasteiger partial charge in [-0.25, -0.2) is 0 Å². The van der Waals surface area contributed by atoms with Crippen LogP contribution in [0.4, 0.5) is 5.69 Å². The molecule has 0 radical (unpaired) electrons. The van der Waals surface area contributed by atoms with E-state index in [-0.39, 0.29) is 18.7 Å². The summed E-state index contributed by atoms with van der Waals surface area (Å²) in [7, 11) is 1.68. The van der Waals surface area contributed by atoms with Crippen molar-refractivity contribution >= 4 is 11.6 Å². The monoisotopic (exact) mass is 398 g/mol. The molecule has 7 nitrogen and oxygen atoms in total. The Labute approximate surface area is 171 Å². The molecule has 2 aromatic carbocycles. The number of fused-ring (bicyclic) bond motifs is 1. The van der Waals surface area contributed by atoms with Gasteiger partial charge in [0.2, 0.25) is 6.79 Å². The van der Waals surface area contributed by atoms with Gasteiger partial charge in [-0.2, -0.15) is 0 Å². The van der Waals surface area contributed by atoms with Gasteiger partial charge in [-0.15, -0.1) is 0 Å². The van der Waals surface area contributed by atoms with Crippen LogP contribution < -0.4 is 29.3 Å². The number of quaternary nitrogens is 1. The van der Waals surface area contributed by atoms with Gasteiger partial charge in [-0.1, -0.05) is 12.1 Å². The second-order valence-corrected chi connectivity index (χ2v) is 7.52. The minimum Gasteiger partial charge on any atom is -0.497 e. The summed E-state index contributed by atoms with van der Waals surface area (Å²) in [6, 6.07) is 13.9. The molecule has 0 spiro atoms. The van der Waals surface area contributed by atoms with Crippen LogP contribution in [0.1, 0.15) is 18.5 Å². The molecule has 2 heterocycles. The summed E-state index contributed by atoms with van der Waals surface area (Å²) < 4.78 is 16.1. The molecule has 7 heteroatoms. The van der Waals surface area contributed by atoms with Crippen LogP contribution in [-0.2, 0) is 4.79 Å². The second-order valence-electron chi connectivity index (χ2n) is 7.52. The molecule has 2 N–H and O–H groups in total. The molecule has 2 aromatic rings. The highest BCUT2D eigenvalue weighted by Crippen LogP contribution is 2.34. The SMILES string of the molecule is COc1cccc(N2CC[NH+](CC(=O)N[C@@H](C)c3ccc4c(c3)OCO4)CC2)c1. The zero-order chi connectivity index (χ0) is 20.2. The summed E-state index contributed by atoms with van der Waals surface area (Å²) in [5, 5.41) is 3.11. The molecule has 1 fully saturated rings. The highest BCUT2D eigenvalue weighted by Gasteiger charge is 2.24. The normalized spacial score (nSPS) is 17.1. The summed E-state index contributed by atoms with van der Waals surface area (Å²) in [5.74, 6) is 2.43. The molecule has 4 rings (SSSR count). The quantitative estimate of drug-likeness (QED) is 0.760. The Balaban J connectivity index is 1.26. The number of hydrogen-bond acceptors (Lipinski definition) is 5. The van der Waals surface area contributed by atoms with Crippen molar-refractivity contribution in [3.63, 3.8) is 0 Å². The van der Waals surface area contributed by atoms with Crippen LogP contribution in [0.3, 0.4) is 0 Å². The Morgan fingerprint density at radius 2 is 1.97 bits per heavy atom. The van der Waals surface area contributed by atoms with Gasteiger partial charge in [-0.05, 0) is 36.8 Å². The largest absolute Gasteiger partial charge is 0.497 e. The smallest absolute Gasteiger partial charge is 0.275 e. The number of nitrogens with one attached hydrogen (secondary N) is 2. The first-order chi connectivity index (χ1) is 14.1. The zero-order valence-electron chi connectivity index (χ0n) is 16.9. The van der Waals surface area contributed by atoms with Crippen molar-refractivity contribution in [2.24, 2.45) is 0 Å². The van der Waals surface area contributed by atoms with Gasteiger partial charge in [0.05, 0.1) is 39.3 Å². The van der Waals surface area contributed by atoms with Crippen molar-refractivity contribution in [2.75, 3.05) is 51.5 Å². The standard InChI is InChI=1S/C22H27N3O4/c1-16(17-6-7-20-21(12-17)29-15-28-20)23-22(26)14-24-8-10-25(11-9-24)18-4-3-5-19(13-18)27-2/h3-7,12-13,16H,8-11,14-15H2,1-2H3,(H,23,26)/p+1/t16-/m0/s1. The molecule has 0 aromatic heterocycles. The number of piperazine rings is 1. The third-order valence-corrected chi connectivity index (χ3v) is 5.57. The topological polar surface area (TPSA) is 64.5 Å². The number of amides is 1. The summed E-state index contributed by atoms with van der Waals surface area (Å²) in [5.41, 5.74) is 2.18. The fourth-order valence-electron chi connectivity index (χ4n) is 3.85. The minimum atomic E-state index is -0.0746. The minimum absolute atomic E-state index is 0.0694. The van der Waals surface area contributed by atoms with E-state index in [0.29, 0.717) is 6.54 Å². The van der Waals surface area contributed by atoms with Gasteiger partial charge < -0.3 is 29.3 Å². The Hall–Kier alpha value is -2.93. The van der Waals surface area contributed by atoms with E-state index in [0.717, 1.165) is 49.0 Å². The summed E-state index contributed by atoms with van der Waals surface area (Å²) in [6.45, 7) is 6.45. The molecule has 2 aliphatic rings. The van der Waals surface area contributed by atoms with Crippen LogP contribution in [0.15, 0.2) is 42.5 Å². The molecular weight excluding hydrogens is 370 g/mol. The molecule has 0 bridgehead atoms. The first kappa shape index (κ1) is 19.4. The van der Waals surface area contributed by atoms with Crippen LogP contribution in [0.5, 0.6) is 17.2 Å². The molecule has 0 unspecified atom stereocenters. The van der Waals surface area contributed by atoms with Crippen LogP contribution in [0.25, 0.3) is 0 Å². The number of carbonyl (C=O) groups is 1. The van der Waals surface area contributed by atoms with Crippen molar-refractivity contribution < 1.29 is 23.9 Å². The van der Waals surface area contributed by atoms with E-state index < -0.39 is 0 Å². The van der Waals surface area contributed by atoms with E-state index in [1.807, 2.05) is 37.3 Å². The molecule has 0 saturated carbocycles. The third kappa shape index (κ3) is 4.56. The van der Waals surface area contributed by atoms with Crippen molar-refractivity contribution in [1.29, 1.82) is 0 Å². The molecule has 1 saturated heterocycles. The van der Waals surface area contributed by atoms with Gasteiger partial charge in [0, 0.05) is 11.8 Å². The maximum Gasteiger partial charge on any atom is 0.275 e. The summed E-state index contributed by atoms with van der Waals surface area (Å²) >= 11 is 0. The lowest BCUT2D eigenvalue weighted by molar-refractivity contribution is -0.892. The fraction of sp³-hybridized carbons (Fsp3) is 0.409. The van der Waals surface area contributed by atoms with Crippen molar-refractivity contribution in [2.45, 2.75) is 13.0 Å². The number of ether oxygens (including phenoxy) is 3. The van der Waals surface area contributed by atoms with E-state index >= 15 is 0 Å². The van der Waals surface area contributed by atoms with Crippen molar-refractivity contribution in [1.82, 2.24) is 5.32 Å². The van der Waals surface area contributed by atoms with Gasteiger partial charge >= 0.3 is 0 Å². The van der Waals surface area contributed by atoms with E-state index in [4.69, 9.17) is 14.2 Å². The summed E-state index contributed by atoms with van der Waals surface area (Å²) in [6.07, 6.45) is 0. The fourth-order valence-corrected chi connectivity index (χ4v) is 3.85. The van der Waals surface area contributed by atoms with E-state index in [1.165, 1.54) is 10.6 Å². The maximum absolute atomic E-state index is 12.5. The lowest BCUT2D eigenvalue weighted by atomic mass is 10.1. The number of hydrogen-bond donors (Lipinski definition) is 2.